The number of carbonyl (C=O) groups excluding carboxylic acids is 4. The molecule has 0 radical (unpaired) electrons. The summed E-state index contributed by atoms with van der Waals surface area (Å²) in [4.78, 5) is 47.7. The van der Waals surface area contributed by atoms with E-state index in [-0.39, 0.29) is 31.2 Å². The summed E-state index contributed by atoms with van der Waals surface area (Å²) >= 11 is 1.36. The number of hydrogen-bond donors (Lipinski definition) is 1. The Labute approximate surface area is 187 Å². The van der Waals surface area contributed by atoms with Gasteiger partial charge in [0, 0.05) is 24.7 Å². The van der Waals surface area contributed by atoms with Gasteiger partial charge in [-0.1, -0.05) is 23.9 Å². The van der Waals surface area contributed by atoms with E-state index in [0.717, 1.165) is 24.2 Å². The Balaban J connectivity index is 1.97. The third-order valence-electron chi connectivity index (χ3n) is 5.34. The summed E-state index contributed by atoms with van der Waals surface area (Å²) in [5, 5.41) is 2.81. The van der Waals surface area contributed by atoms with Crippen LogP contribution in [0.3, 0.4) is 0 Å². The molecule has 1 aliphatic rings. The van der Waals surface area contributed by atoms with Crippen LogP contribution < -0.4 is 5.32 Å². The molecular formula is C23H31NO6S. The van der Waals surface area contributed by atoms with Crippen LogP contribution in [-0.4, -0.2) is 48.0 Å². The monoisotopic (exact) mass is 449 g/mol. The van der Waals surface area contributed by atoms with Gasteiger partial charge < -0.3 is 14.8 Å². The van der Waals surface area contributed by atoms with Crippen molar-refractivity contribution >= 4 is 34.7 Å². The van der Waals surface area contributed by atoms with E-state index in [1.807, 2.05) is 12.1 Å². The van der Waals surface area contributed by atoms with E-state index in [9.17, 15) is 19.2 Å². The highest BCUT2D eigenvalue weighted by molar-refractivity contribution is 8.13. The molecule has 0 aliphatic heterocycles. The van der Waals surface area contributed by atoms with Crippen molar-refractivity contribution in [1.82, 2.24) is 5.32 Å². The van der Waals surface area contributed by atoms with E-state index in [4.69, 9.17) is 9.47 Å². The van der Waals surface area contributed by atoms with Crippen LogP contribution in [0.2, 0.25) is 0 Å². The van der Waals surface area contributed by atoms with Crippen molar-refractivity contribution in [2.45, 2.75) is 58.4 Å². The van der Waals surface area contributed by atoms with Gasteiger partial charge >= 0.3 is 11.9 Å². The number of ether oxygens (including phenoxy) is 2. The Bertz CT molecular complexity index is 779. The average Bonchev–Trinajstić information content (AvgIpc) is 2.71. The average molecular weight is 450 g/mol. The smallest absolute Gasteiger partial charge is 0.328 e. The van der Waals surface area contributed by atoms with Crippen molar-refractivity contribution in [3.63, 3.8) is 0 Å². The molecule has 0 spiro atoms. The zero-order chi connectivity index (χ0) is 22.8. The van der Waals surface area contributed by atoms with Crippen LogP contribution in [0, 0.1) is 5.92 Å². The molecule has 170 valence electrons. The molecule has 0 heterocycles. The van der Waals surface area contributed by atoms with E-state index in [0.29, 0.717) is 17.4 Å². The van der Waals surface area contributed by atoms with Gasteiger partial charge in [-0.05, 0) is 62.6 Å². The number of esters is 2. The topological polar surface area (TPSA) is 98.8 Å². The summed E-state index contributed by atoms with van der Waals surface area (Å²) in [6.45, 7) is 5.42. The fourth-order valence-electron chi connectivity index (χ4n) is 3.54. The predicted octanol–water partition coefficient (Wildman–Crippen LogP) is 3.46. The molecule has 8 heteroatoms. The second-order valence-electron chi connectivity index (χ2n) is 7.49. The Morgan fingerprint density at radius 3 is 2.29 bits per heavy atom. The van der Waals surface area contributed by atoms with Crippen LogP contribution in [0.1, 0.15) is 68.3 Å². The summed E-state index contributed by atoms with van der Waals surface area (Å²) in [5.41, 5.74) is 1.59. The van der Waals surface area contributed by atoms with Gasteiger partial charge in [-0.15, -0.1) is 0 Å². The number of thioether (sulfide) groups is 1. The third kappa shape index (κ3) is 7.69. The van der Waals surface area contributed by atoms with Gasteiger partial charge in [0.2, 0.25) is 0 Å². The molecule has 1 N–H and O–H groups in total. The van der Waals surface area contributed by atoms with Gasteiger partial charge in [0.1, 0.15) is 6.04 Å². The maximum Gasteiger partial charge on any atom is 0.328 e. The summed E-state index contributed by atoms with van der Waals surface area (Å²) in [5.74, 6) is 0.311. The first-order chi connectivity index (χ1) is 14.8. The van der Waals surface area contributed by atoms with E-state index < -0.39 is 23.9 Å². The molecule has 31 heavy (non-hydrogen) atoms. The summed E-state index contributed by atoms with van der Waals surface area (Å²) in [6.07, 6.45) is 2.30. The lowest BCUT2D eigenvalue weighted by atomic mass is 9.71. The Morgan fingerprint density at radius 1 is 1.06 bits per heavy atom. The summed E-state index contributed by atoms with van der Waals surface area (Å²) in [7, 11) is 0. The lowest BCUT2D eigenvalue weighted by Gasteiger charge is -2.36. The maximum atomic E-state index is 12.7. The fraction of sp³-hybridized carbons (Fsp3) is 0.565. The van der Waals surface area contributed by atoms with Crippen LogP contribution >= 0.6 is 11.8 Å². The quantitative estimate of drug-likeness (QED) is 0.517. The lowest BCUT2D eigenvalue weighted by Crippen LogP contribution is -2.42. The first-order valence-electron chi connectivity index (χ1n) is 10.7. The largest absolute Gasteiger partial charge is 0.466 e. The van der Waals surface area contributed by atoms with Gasteiger partial charge in [0.25, 0.3) is 5.91 Å². The van der Waals surface area contributed by atoms with Gasteiger partial charge in [-0.25, -0.2) is 4.79 Å². The minimum Gasteiger partial charge on any atom is -0.466 e. The minimum absolute atomic E-state index is 0.0118. The molecule has 1 aromatic rings. The van der Waals surface area contributed by atoms with Crippen LogP contribution in [-0.2, 0) is 23.9 Å². The van der Waals surface area contributed by atoms with E-state index in [1.165, 1.54) is 11.8 Å². The lowest BCUT2D eigenvalue weighted by molar-refractivity contribution is -0.146. The second kappa shape index (κ2) is 12.5. The molecular weight excluding hydrogens is 418 g/mol. The molecule has 0 saturated heterocycles. The first kappa shape index (κ1) is 24.9. The van der Waals surface area contributed by atoms with E-state index in [1.54, 1.807) is 32.9 Å². The van der Waals surface area contributed by atoms with Gasteiger partial charge in [-0.2, -0.15) is 0 Å². The summed E-state index contributed by atoms with van der Waals surface area (Å²) in [6, 6.07) is 6.43. The van der Waals surface area contributed by atoms with Gasteiger partial charge in [-0.3, -0.25) is 14.4 Å². The SMILES string of the molecule is CCOC(=O)CC[C@H](NC(=O)c1ccc([C@@H]2CC[C@H]2CSC(C)=O)cc1)C(=O)OCC. The molecule has 7 nitrogen and oxygen atoms in total. The molecule has 1 aliphatic carbocycles. The van der Waals surface area contributed by atoms with Crippen LogP contribution in [0.15, 0.2) is 24.3 Å². The normalized spacial score (nSPS) is 18.4. The number of carbonyl (C=O) groups is 4. The maximum absolute atomic E-state index is 12.7. The molecule has 0 aromatic heterocycles. The molecule has 0 unspecified atom stereocenters. The van der Waals surface area contributed by atoms with Crippen LogP contribution in [0.4, 0.5) is 0 Å². The van der Waals surface area contributed by atoms with E-state index >= 15 is 0 Å². The van der Waals surface area contributed by atoms with Crippen LogP contribution in [0.5, 0.6) is 0 Å². The van der Waals surface area contributed by atoms with Crippen molar-refractivity contribution in [3.05, 3.63) is 35.4 Å². The molecule has 1 amide bonds. The van der Waals surface area contributed by atoms with Crippen molar-refractivity contribution < 1.29 is 28.7 Å². The zero-order valence-corrected chi connectivity index (χ0v) is 19.2. The molecule has 2 rings (SSSR count). The van der Waals surface area contributed by atoms with Gasteiger partial charge in [0.15, 0.2) is 5.12 Å². The van der Waals surface area contributed by atoms with Crippen molar-refractivity contribution in [1.29, 1.82) is 0 Å². The molecule has 3 atom stereocenters. The standard InChI is InChI=1S/C23H31NO6S/c1-4-29-21(26)13-12-20(23(28)30-5-2)24-22(27)17-8-6-16(7-9-17)19-11-10-18(19)14-31-15(3)25/h6-9,18-20H,4-5,10-14H2,1-3H3,(H,24,27)/t18-,19-,20-/m0/s1. The van der Waals surface area contributed by atoms with E-state index in [2.05, 4.69) is 5.32 Å². The number of benzene rings is 1. The highest BCUT2D eigenvalue weighted by Gasteiger charge is 2.32. The Morgan fingerprint density at radius 2 is 1.74 bits per heavy atom. The van der Waals surface area contributed by atoms with Crippen molar-refractivity contribution in [2.24, 2.45) is 5.92 Å². The van der Waals surface area contributed by atoms with Crippen molar-refractivity contribution in [2.75, 3.05) is 19.0 Å². The van der Waals surface area contributed by atoms with Crippen LogP contribution in [0.25, 0.3) is 0 Å². The predicted molar refractivity (Wildman–Crippen MR) is 119 cm³/mol. The third-order valence-corrected chi connectivity index (χ3v) is 6.34. The fourth-order valence-corrected chi connectivity index (χ4v) is 4.39. The number of amides is 1. The highest BCUT2D eigenvalue weighted by atomic mass is 32.2. The first-order valence-corrected chi connectivity index (χ1v) is 11.7. The molecule has 1 aromatic carbocycles. The number of nitrogens with one attached hydrogen (secondary N) is 1. The second-order valence-corrected chi connectivity index (χ2v) is 8.69. The highest BCUT2D eigenvalue weighted by Crippen LogP contribution is 2.44. The Kier molecular flexibility index (Phi) is 10.0. The zero-order valence-electron chi connectivity index (χ0n) is 18.3. The van der Waals surface area contributed by atoms with Crippen molar-refractivity contribution in [3.8, 4) is 0 Å². The molecule has 0 bridgehead atoms. The molecule has 1 saturated carbocycles. The number of hydrogen-bond acceptors (Lipinski definition) is 7. The minimum atomic E-state index is -0.920. The van der Waals surface area contributed by atoms with Gasteiger partial charge in [0.05, 0.1) is 13.2 Å². The number of rotatable bonds is 11. The molecule has 1 fully saturated rings. The summed E-state index contributed by atoms with van der Waals surface area (Å²) < 4.78 is 9.91. The Hall–Kier alpha value is -2.35.